The predicted molar refractivity (Wildman–Crippen MR) is 132 cm³/mol. The average Bonchev–Trinajstić information content (AvgIpc) is 3.23. The third-order valence-electron chi connectivity index (χ3n) is 7.38. The zero-order valence-corrected chi connectivity index (χ0v) is 19.4. The number of nitrogens with zero attached hydrogens (tertiary/aromatic N) is 1. The van der Waals surface area contributed by atoms with Gasteiger partial charge in [-0.25, -0.2) is 0 Å². The van der Waals surface area contributed by atoms with Crippen LogP contribution >= 0.6 is 0 Å². The smallest absolute Gasteiger partial charge is 0.162 e. The molecule has 2 aliphatic rings. The van der Waals surface area contributed by atoms with Crippen LogP contribution in [0.25, 0.3) is 10.9 Å². The lowest BCUT2D eigenvalue weighted by Crippen LogP contribution is -2.39. The number of para-hydroxylation sites is 1. The molecular weight excluding hydrogens is 408 g/mol. The summed E-state index contributed by atoms with van der Waals surface area (Å²) in [4.78, 5) is 6.27. The van der Waals surface area contributed by atoms with Crippen LogP contribution in [0.4, 0.5) is 0 Å². The number of fused-ring (bicyclic) bond motifs is 6. The lowest BCUT2D eigenvalue weighted by Gasteiger charge is -2.40. The molecule has 4 heteroatoms. The third-order valence-corrected chi connectivity index (χ3v) is 7.38. The van der Waals surface area contributed by atoms with E-state index in [4.69, 9.17) is 9.47 Å². The Kier molecular flexibility index (Phi) is 5.11. The van der Waals surface area contributed by atoms with Crippen molar-refractivity contribution in [1.82, 2.24) is 9.88 Å². The van der Waals surface area contributed by atoms with Crippen LogP contribution < -0.4 is 9.47 Å². The summed E-state index contributed by atoms with van der Waals surface area (Å²) in [6.07, 6.45) is 3.11. The number of H-pyrrole nitrogens is 1. The summed E-state index contributed by atoms with van der Waals surface area (Å²) in [6.45, 7) is 4.76. The molecule has 33 heavy (non-hydrogen) atoms. The largest absolute Gasteiger partial charge is 0.493 e. The molecule has 1 unspecified atom stereocenters. The van der Waals surface area contributed by atoms with Gasteiger partial charge in [0.25, 0.3) is 0 Å². The van der Waals surface area contributed by atoms with Crippen molar-refractivity contribution in [3.05, 3.63) is 94.2 Å². The number of aromatic nitrogens is 1. The minimum atomic E-state index is 0.373. The Bertz CT molecular complexity index is 1310. The Morgan fingerprint density at radius 1 is 1.00 bits per heavy atom. The molecule has 2 aliphatic heterocycles. The Balaban J connectivity index is 1.32. The maximum atomic E-state index is 6.31. The van der Waals surface area contributed by atoms with Gasteiger partial charge in [0.15, 0.2) is 11.5 Å². The van der Waals surface area contributed by atoms with Gasteiger partial charge in [0.05, 0.1) is 7.11 Å². The van der Waals surface area contributed by atoms with Crippen molar-refractivity contribution in [1.29, 1.82) is 0 Å². The first-order valence-corrected chi connectivity index (χ1v) is 12.0. The summed E-state index contributed by atoms with van der Waals surface area (Å²) in [5.74, 6) is 1.67. The highest BCUT2D eigenvalue weighted by molar-refractivity contribution is 5.85. The van der Waals surface area contributed by atoms with Crippen LogP contribution in [-0.2, 0) is 32.4 Å². The van der Waals surface area contributed by atoms with Gasteiger partial charge in [-0.2, -0.15) is 0 Å². The SMILES string of the molecule is CCc1ccc(COc2cc3c(cc2OC)CCN2Cc4[nH]c5ccccc5c4CC32)cc1. The third kappa shape index (κ3) is 3.59. The number of nitrogens with one attached hydrogen (secondary N) is 1. The molecule has 0 amide bonds. The Labute approximate surface area is 195 Å². The molecule has 6 rings (SSSR count). The monoisotopic (exact) mass is 438 g/mol. The molecular formula is C29H30N2O2. The first kappa shape index (κ1) is 20.4. The summed E-state index contributed by atoms with van der Waals surface area (Å²) in [6, 6.07) is 22.2. The fraction of sp³-hybridized carbons (Fsp3) is 0.310. The summed E-state index contributed by atoms with van der Waals surface area (Å²) in [5.41, 5.74) is 9.38. The lowest BCUT2D eigenvalue weighted by atomic mass is 9.85. The molecule has 0 saturated heterocycles. The number of aryl methyl sites for hydroxylation is 1. The zero-order chi connectivity index (χ0) is 22.4. The fourth-order valence-corrected chi connectivity index (χ4v) is 5.51. The summed E-state index contributed by atoms with van der Waals surface area (Å²) in [5, 5.41) is 1.36. The van der Waals surface area contributed by atoms with Gasteiger partial charge < -0.3 is 14.5 Å². The number of methoxy groups -OCH3 is 1. The fourth-order valence-electron chi connectivity index (χ4n) is 5.51. The second-order valence-electron chi connectivity index (χ2n) is 9.23. The molecule has 1 atom stereocenters. The molecule has 0 fully saturated rings. The van der Waals surface area contributed by atoms with Gasteiger partial charge in [0.1, 0.15) is 6.61 Å². The minimum absolute atomic E-state index is 0.373. The van der Waals surface area contributed by atoms with E-state index in [1.165, 1.54) is 44.4 Å². The van der Waals surface area contributed by atoms with Crippen molar-refractivity contribution in [2.75, 3.05) is 13.7 Å². The van der Waals surface area contributed by atoms with Crippen LogP contribution in [0.15, 0.2) is 60.7 Å². The van der Waals surface area contributed by atoms with E-state index in [1.807, 2.05) is 0 Å². The van der Waals surface area contributed by atoms with E-state index in [-0.39, 0.29) is 0 Å². The maximum Gasteiger partial charge on any atom is 0.162 e. The zero-order valence-electron chi connectivity index (χ0n) is 19.4. The van der Waals surface area contributed by atoms with Crippen molar-refractivity contribution in [3.8, 4) is 11.5 Å². The van der Waals surface area contributed by atoms with Crippen LogP contribution in [0.2, 0.25) is 0 Å². The standard InChI is InChI=1S/C29H30N2O2/c1-3-19-8-10-20(11-9-19)18-33-29-16-23-21(14-28(29)32-2)12-13-31-17-26-24(15-27(23)31)22-6-4-5-7-25(22)30-26/h4-11,14,16,27,30H,3,12-13,15,17-18H2,1-2H3. The normalized spacial score (nSPS) is 17.3. The summed E-state index contributed by atoms with van der Waals surface area (Å²) < 4.78 is 12.0. The highest BCUT2D eigenvalue weighted by Crippen LogP contribution is 2.44. The Morgan fingerprint density at radius 2 is 1.82 bits per heavy atom. The summed E-state index contributed by atoms with van der Waals surface area (Å²) in [7, 11) is 1.73. The average molecular weight is 439 g/mol. The van der Waals surface area contributed by atoms with Gasteiger partial charge in [-0.1, -0.05) is 49.4 Å². The van der Waals surface area contributed by atoms with Crippen LogP contribution in [0.5, 0.6) is 11.5 Å². The molecule has 0 aliphatic carbocycles. The van der Waals surface area contributed by atoms with Gasteiger partial charge in [0, 0.05) is 35.7 Å². The van der Waals surface area contributed by atoms with Crippen LogP contribution in [0.3, 0.4) is 0 Å². The van der Waals surface area contributed by atoms with Gasteiger partial charge in [-0.3, -0.25) is 4.90 Å². The van der Waals surface area contributed by atoms with E-state index in [9.17, 15) is 0 Å². The topological polar surface area (TPSA) is 37.5 Å². The van der Waals surface area contributed by atoms with Crippen molar-refractivity contribution < 1.29 is 9.47 Å². The number of hydrogen-bond donors (Lipinski definition) is 1. The number of ether oxygens (including phenoxy) is 2. The highest BCUT2D eigenvalue weighted by Gasteiger charge is 2.34. The Hall–Kier alpha value is -3.24. The van der Waals surface area contributed by atoms with Gasteiger partial charge in [-0.15, -0.1) is 0 Å². The number of aromatic amines is 1. The van der Waals surface area contributed by atoms with Crippen molar-refractivity contribution >= 4 is 10.9 Å². The quantitative estimate of drug-likeness (QED) is 0.417. The van der Waals surface area contributed by atoms with Crippen LogP contribution in [0.1, 0.15) is 46.5 Å². The molecule has 3 aromatic carbocycles. The van der Waals surface area contributed by atoms with E-state index in [1.54, 1.807) is 7.11 Å². The maximum absolute atomic E-state index is 6.31. The molecule has 0 spiro atoms. The molecule has 168 valence electrons. The van der Waals surface area contributed by atoms with E-state index >= 15 is 0 Å². The number of rotatable bonds is 5. The van der Waals surface area contributed by atoms with Gasteiger partial charge >= 0.3 is 0 Å². The first-order chi connectivity index (χ1) is 16.2. The molecule has 0 saturated carbocycles. The second kappa shape index (κ2) is 8.27. The van der Waals surface area contributed by atoms with Crippen molar-refractivity contribution in [2.45, 2.75) is 45.4 Å². The predicted octanol–water partition coefficient (Wildman–Crippen LogP) is 5.97. The second-order valence-corrected chi connectivity index (χ2v) is 9.23. The molecule has 1 N–H and O–H groups in total. The van der Waals surface area contributed by atoms with E-state index < -0.39 is 0 Å². The van der Waals surface area contributed by atoms with Crippen LogP contribution in [0, 0.1) is 0 Å². The van der Waals surface area contributed by atoms with Crippen LogP contribution in [-0.4, -0.2) is 23.5 Å². The Morgan fingerprint density at radius 3 is 2.64 bits per heavy atom. The molecule has 4 aromatic rings. The summed E-state index contributed by atoms with van der Waals surface area (Å²) >= 11 is 0. The van der Waals surface area contributed by atoms with E-state index in [0.717, 1.165) is 43.9 Å². The van der Waals surface area contributed by atoms with Crippen molar-refractivity contribution in [2.24, 2.45) is 0 Å². The lowest BCUT2D eigenvalue weighted by molar-refractivity contribution is 0.158. The van der Waals surface area contributed by atoms with Gasteiger partial charge in [0.2, 0.25) is 0 Å². The first-order valence-electron chi connectivity index (χ1n) is 12.0. The van der Waals surface area contributed by atoms with E-state index in [2.05, 4.69) is 77.5 Å². The minimum Gasteiger partial charge on any atom is -0.493 e. The van der Waals surface area contributed by atoms with Crippen molar-refractivity contribution in [3.63, 3.8) is 0 Å². The molecule has 0 radical (unpaired) electrons. The number of hydrogen-bond acceptors (Lipinski definition) is 3. The molecule has 1 aromatic heterocycles. The molecule has 4 nitrogen and oxygen atoms in total. The highest BCUT2D eigenvalue weighted by atomic mass is 16.5. The number of benzene rings is 3. The van der Waals surface area contributed by atoms with Gasteiger partial charge in [-0.05, 0) is 65.3 Å². The van der Waals surface area contributed by atoms with E-state index in [0.29, 0.717) is 12.6 Å². The molecule has 3 heterocycles. The molecule has 0 bridgehead atoms.